The molecular weight excluding hydrogens is 456 g/mol. The Labute approximate surface area is 199 Å². The minimum absolute atomic E-state index is 0.00590. The standard InChI is InChI=1S/C24H30N4O5S/c1-27-10-6-24(7-11-27)8-12-33-21-13-17(18-3-2-9-25-15-18)4-5-22(21)34(31,32)28-16-19(29)14-20(28)23(30)26-24/h2-5,9,13,15,19-20,29H,6-8,10-12,14,16H2,1H3,(H,26,30)/t19-,20+/m1/s1. The highest BCUT2D eigenvalue weighted by Crippen LogP contribution is 2.37. The summed E-state index contributed by atoms with van der Waals surface area (Å²) in [5.74, 6) is -0.0981. The van der Waals surface area contributed by atoms with Crippen LogP contribution in [0.5, 0.6) is 5.75 Å². The fraction of sp³-hybridized carbons (Fsp3) is 0.500. The zero-order valence-corrected chi connectivity index (χ0v) is 20.0. The summed E-state index contributed by atoms with van der Waals surface area (Å²) < 4.78 is 34.7. The van der Waals surface area contributed by atoms with Gasteiger partial charge >= 0.3 is 0 Å². The third kappa shape index (κ3) is 4.31. The molecule has 2 fully saturated rings. The highest BCUT2D eigenvalue weighted by Gasteiger charge is 2.47. The highest BCUT2D eigenvalue weighted by atomic mass is 32.2. The predicted molar refractivity (Wildman–Crippen MR) is 126 cm³/mol. The molecule has 3 aliphatic heterocycles. The number of piperidine rings is 1. The molecule has 0 radical (unpaired) electrons. The molecule has 1 spiro atoms. The summed E-state index contributed by atoms with van der Waals surface area (Å²) in [5, 5.41) is 13.5. The molecular formula is C24H30N4O5S. The van der Waals surface area contributed by atoms with Crippen LogP contribution < -0.4 is 10.1 Å². The van der Waals surface area contributed by atoms with Crippen LogP contribution in [-0.2, 0) is 14.8 Å². The van der Waals surface area contributed by atoms with Crippen molar-refractivity contribution in [3.63, 3.8) is 0 Å². The van der Waals surface area contributed by atoms with Crippen LogP contribution in [-0.4, -0.2) is 84.6 Å². The summed E-state index contributed by atoms with van der Waals surface area (Å²) in [4.78, 5) is 19.8. The second-order valence-electron chi connectivity index (χ2n) is 9.55. The molecule has 1 aromatic heterocycles. The van der Waals surface area contributed by atoms with Gasteiger partial charge < -0.3 is 20.1 Å². The molecule has 4 heterocycles. The topological polar surface area (TPSA) is 112 Å². The average Bonchev–Trinajstić information content (AvgIpc) is 3.24. The molecule has 0 bridgehead atoms. The molecule has 2 atom stereocenters. The summed E-state index contributed by atoms with van der Waals surface area (Å²) in [6.45, 7) is 1.81. The minimum atomic E-state index is -4.09. The molecule has 0 unspecified atom stereocenters. The fourth-order valence-corrected chi connectivity index (χ4v) is 6.90. The number of carbonyl (C=O) groups is 1. The number of nitrogens with zero attached hydrogens (tertiary/aromatic N) is 3. The molecule has 9 nitrogen and oxygen atoms in total. The fourth-order valence-electron chi connectivity index (χ4n) is 5.15. The van der Waals surface area contributed by atoms with Crippen LogP contribution >= 0.6 is 0 Å². The van der Waals surface area contributed by atoms with E-state index >= 15 is 0 Å². The van der Waals surface area contributed by atoms with E-state index in [4.69, 9.17) is 4.74 Å². The van der Waals surface area contributed by atoms with E-state index in [0.717, 1.165) is 41.4 Å². The number of aliphatic hydroxyl groups excluding tert-OH is 1. The van der Waals surface area contributed by atoms with Crippen LogP contribution in [0, 0.1) is 0 Å². The van der Waals surface area contributed by atoms with Crippen LogP contribution in [0.25, 0.3) is 11.1 Å². The number of pyridine rings is 1. The molecule has 182 valence electrons. The van der Waals surface area contributed by atoms with Gasteiger partial charge in [0.05, 0.1) is 12.7 Å². The largest absolute Gasteiger partial charge is 0.492 e. The van der Waals surface area contributed by atoms with E-state index in [0.29, 0.717) is 6.42 Å². The van der Waals surface area contributed by atoms with Gasteiger partial charge in [-0.15, -0.1) is 0 Å². The Balaban J connectivity index is 1.58. The first-order chi connectivity index (χ1) is 16.3. The van der Waals surface area contributed by atoms with Crippen molar-refractivity contribution in [3.8, 4) is 16.9 Å². The summed E-state index contributed by atoms with van der Waals surface area (Å²) in [6.07, 6.45) is 4.64. The molecule has 2 N–H and O–H groups in total. The molecule has 10 heteroatoms. The first-order valence-electron chi connectivity index (χ1n) is 11.7. The number of benzene rings is 1. The maximum absolute atomic E-state index is 13.7. The number of carbonyl (C=O) groups excluding carboxylic acids is 1. The van der Waals surface area contributed by atoms with Crippen molar-refractivity contribution in [2.75, 3.05) is 33.3 Å². The normalized spacial score (nSPS) is 27.2. The number of amides is 1. The lowest BCUT2D eigenvalue weighted by Crippen LogP contribution is -2.58. The summed E-state index contributed by atoms with van der Waals surface area (Å²) in [7, 11) is -2.04. The smallest absolute Gasteiger partial charge is 0.247 e. The summed E-state index contributed by atoms with van der Waals surface area (Å²) in [5.41, 5.74) is 1.16. The lowest BCUT2D eigenvalue weighted by Gasteiger charge is -2.42. The average molecular weight is 487 g/mol. The van der Waals surface area contributed by atoms with Gasteiger partial charge in [0.1, 0.15) is 16.7 Å². The van der Waals surface area contributed by atoms with E-state index in [1.165, 1.54) is 6.07 Å². The molecule has 0 aliphatic carbocycles. The molecule has 0 saturated carbocycles. The third-order valence-electron chi connectivity index (χ3n) is 7.23. The van der Waals surface area contributed by atoms with Crippen molar-refractivity contribution in [1.29, 1.82) is 0 Å². The zero-order valence-electron chi connectivity index (χ0n) is 19.2. The summed E-state index contributed by atoms with van der Waals surface area (Å²) in [6, 6.07) is 7.73. The number of fused-ring (bicyclic) bond motifs is 2. The van der Waals surface area contributed by atoms with Crippen LogP contribution in [0.1, 0.15) is 25.7 Å². The second kappa shape index (κ2) is 8.92. The SMILES string of the molecule is CN1CCC2(CCOc3cc(-c4cccnc4)ccc3S(=O)(=O)N3C[C@H](O)C[C@H]3C(=O)N2)CC1. The first kappa shape index (κ1) is 23.2. The van der Waals surface area contributed by atoms with Crippen LogP contribution in [0.3, 0.4) is 0 Å². The number of hydrogen-bond acceptors (Lipinski definition) is 7. The van der Waals surface area contributed by atoms with Gasteiger partial charge in [-0.05, 0) is 43.7 Å². The number of rotatable bonds is 1. The van der Waals surface area contributed by atoms with Crippen molar-refractivity contribution >= 4 is 15.9 Å². The Hall–Kier alpha value is -2.53. The minimum Gasteiger partial charge on any atom is -0.492 e. The maximum Gasteiger partial charge on any atom is 0.247 e. The quantitative estimate of drug-likeness (QED) is 0.624. The molecule has 34 heavy (non-hydrogen) atoms. The third-order valence-corrected chi connectivity index (χ3v) is 9.15. The van der Waals surface area contributed by atoms with Crippen LogP contribution in [0.4, 0.5) is 0 Å². The second-order valence-corrected chi connectivity index (χ2v) is 11.4. The Morgan fingerprint density at radius 1 is 1.18 bits per heavy atom. The van der Waals surface area contributed by atoms with E-state index < -0.39 is 27.7 Å². The number of hydrogen-bond donors (Lipinski definition) is 2. The van der Waals surface area contributed by atoms with E-state index in [1.807, 2.05) is 19.2 Å². The van der Waals surface area contributed by atoms with Gasteiger partial charge in [-0.3, -0.25) is 9.78 Å². The van der Waals surface area contributed by atoms with Gasteiger partial charge in [0.15, 0.2) is 0 Å². The number of sulfonamides is 1. The van der Waals surface area contributed by atoms with Crippen LogP contribution in [0.2, 0.25) is 0 Å². The van der Waals surface area contributed by atoms with Gasteiger partial charge in [0.25, 0.3) is 0 Å². The lowest BCUT2D eigenvalue weighted by atomic mass is 9.84. The lowest BCUT2D eigenvalue weighted by molar-refractivity contribution is -0.127. The number of aliphatic hydroxyl groups is 1. The van der Waals surface area contributed by atoms with E-state index in [2.05, 4.69) is 15.2 Å². The van der Waals surface area contributed by atoms with E-state index in [9.17, 15) is 18.3 Å². The van der Waals surface area contributed by atoms with Crippen molar-refractivity contribution in [2.24, 2.45) is 0 Å². The van der Waals surface area contributed by atoms with Gasteiger partial charge in [-0.25, -0.2) is 8.42 Å². The molecule has 2 aromatic rings. The van der Waals surface area contributed by atoms with Crippen molar-refractivity contribution < 1.29 is 23.1 Å². The van der Waals surface area contributed by atoms with E-state index in [-0.39, 0.29) is 36.1 Å². The number of nitrogens with one attached hydrogen (secondary N) is 1. The Kier molecular flexibility index (Phi) is 6.09. The number of aromatic nitrogens is 1. The molecule has 3 aliphatic rings. The Morgan fingerprint density at radius 3 is 2.71 bits per heavy atom. The van der Waals surface area contributed by atoms with Gasteiger partial charge in [-0.2, -0.15) is 4.31 Å². The molecule has 5 rings (SSSR count). The van der Waals surface area contributed by atoms with Gasteiger partial charge in [0.2, 0.25) is 15.9 Å². The van der Waals surface area contributed by atoms with Gasteiger partial charge in [0, 0.05) is 56.0 Å². The number of ether oxygens (including phenoxy) is 1. The molecule has 2 saturated heterocycles. The number of likely N-dealkylation sites (tertiary alicyclic amines) is 1. The van der Waals surface area contributed by atoms with Crippen LogP contribution in [0.15, 0.2) is 47.6 Å². The first-order valence-corrected chi connectivity index (χ1v) is 13.1. The van der Waals surface area contributed by atoms with E-state index in [1.54, 1.807) is 24.5 Å². The Bertz CT molecular complexity index is 1170. The molecule has 1 amide bonds. The zero-order chi connectivity index (χ0) is 23.9. The van der Waals surface area contributed by atoms with Crippen molar-refractivity contribution in [3.05, 3.63) is 42.7 Å². The van der Waals surface area contributed by atoms with Crippen molar-refractivity contribution in [1.82, 2.24) is 19.5 Å². The van der Waals surface area contributed by atoms with Gasteiger partial charge in [-0.1, -0.05) is 12.1 Å². The van der Waals surface area contributed by atoms with Crippen molar-refractivity contribution in [2.45, 2.75) is 48.3 Å². The predicted octanol–water partition coefficient (Wildman–Crippen LogP) is 1.24. The summed E-state index contributed by atoms with van der Waals surface area (Å²) >= 11 is 0. The Morgan fingerprint density at radius 2 is 1.97 bits per heavy atom. The highest BCUT2D eigenvalue weighted by molar-refractivity contribution is 7.89. The maximum atomic E-state index is 13.7. The monoisotopic (exact) mass is 486 g/mol. The molecule has 1 aromatic carbocycles.